The van der Waals surface area contributed by atoms with E-state index in [-0.39, 0.29) is 17.6 Å². The zero-order valence-electron chi connectivity index (χ0n) is 9.90. The van der Waals surface area contributed by atoms with Gasteiger partial charge in [0.25, 0.3) is 0 Å². The van der Waals surface area contributed by atoms with E-state index in [1.807, 2.05) is 0 Å². The Morgan fingerprint density at radius 3 is 2.78 bits per heavy atom. The fourth-order valence-electron chi connectivity index (χ4n) is 2.30. The number of nitrogens with one attached hydrogen (secondary N) is 1. The van der Waals surface area contributed by atoms with Crippen LogP contribution in [0.2, 0.25) is 0 Å². The molecule has 4 nitrogen and oxygen atoms in total. The minimum atomic E-state index is -1.27. The van der Waals surface area contributed by atoms with Crippen molar-refractivity contribution in [1.29, 1.82) is 0 Å². The van der Waals surface area contributed by atoms with Gasteiger partial charge in [0.2, 0.25) is 0 Å². The first-order valence-corrected chi connectivity index (χ1v) is 6.02. The smallest absolute Gasteiger partial charge is 0.338 e. The van der Waals surface area contributed by atoms with E-state index in [4.69, 9.17) is 5.11 Å². The summed E-state index contributed by atoms with van der Waals surface area (Å²) in [5, 5.41) is 21.4. The molecule has 1 aliphatic rings. The van der Waals surface area contributed by atoms with Gasteiger partial charge >= 0.3 is 5.97 Å². The predicted molar refractivity (Wildman–Crippen MR) is 65.2 cm³/mol. The second-order valence-corrected chi connectivity index (χ2v) is 4.64. The van der Waals surface area contributed by atoms with Crippen molar-refractivity contribution < 1.29 is 19.4 Å². The van der Waals surface area contributed by atoms with E-state index in [1.165, 1.54) is 18.2 Å². The number of aliphatic hydroxyl groups is 1. The van der Waals surface area contributed by atoms with Gasteiger partial charge in [0.1, 0.15) is 5.82 Å². The lowest BCUT2D eigenvalue weighted by Gasteiger charge is -2.16. The highest BCUT2D eigenvalue weighted by Crippen LogP contribution is 2.26. The summed E-state index contributed by atoms with van der Waals surface area (Å²) >= 11 is 0. The van der Waals surface area contributed by atoms with Crippen LogP contribution in [0.1, 0.15) is 29.6 Å². The Morgan fingerprint density at radius 2 is 2.22 bits per heavy atom. The van der Waals surface area contributed by atoms with Gasteiger partial charge in [-0.25, -0.2) is 9.18 Å². The van der Waals surface area contributed by atoms with Crippen LogP contribution in [-0.4, -0.2) is 28.8 Å². The lowest BCUT2D eigenvalue weighted by Crippen LogP contribution is -2.22. The van der Waals surface area contributed by atoms with Crippen LogP contribution in [0.15, 0.2) is 18.2 Å². The van der Waals surface area contributed by atoms with E-state index in [2.05, 4.69) is 5.32 Å². The molecule has 0 heterocycles. The quantitative estimate of drug-likeness (QED) is 0.768. The molecule has 0 aromatic heterocycles. The van der Waals surface area contributed by atoms with Gasteiger partial charge in [0, 0.05) is 18.2 Å². The molecular formula is C13H16FNO3. The Balaban J connectivity index is 1.98. The minimum Gasteiger partial charge on any atom is -0.478 e. The van der Waals surface area contributed by atoms with Crippen LogP contribution in [0, 0.1) is 11.7 Å². The number of halogens is 1. The van der Waals surface area contributed by atoms with E-state index in [0.717, 1.165) is 19.3 Å². The maximum Gasteiger partial charge on any atom is 0.338 e. The minimum absolute atomic E-state index is 0.187. The Morgan fingerprint density at radius 1 is 1.44 bits per heavy atom. The van der Waals surface area contributed by atoms with E-state index in [9.17, 15) is 14.3 Å². The fourth-order valence-corrected chi connectivity index (χ4v) is 2.30. The number of carboxylic acids is 1. The number of aliphatic hydroxyl groups excluding tert-OH is 1. The fraction of sp³-hybridized carbons (Fsp3) is 0.462. The number of hydrogen-bond donors (Lipinski definition) is 3. The lowest BCUT2D eigenvalue weighted by atomic mass is 10.1. The Kier molecular flexibility index (Phi) is 3.81. The van der Waals surface area contributed by atoms with E-state index in [0.29, 0.717) is 12.2 Å². The third-order valence-corrected chi connectivity index (χ3v) is 3.39. The monoisotopic (exact) mass is 253 g/mol. The molecule has 2 rings (SSSR count). The third-order valence-electron chi connectivity index (χ3n) is 3.39. The van der Waals surface area contributed by atoms with Crippen LogP contribution >= 0.6 is 0 Å². The van der Waals surface area contributed by atoms with Crippen molar-refractivity contribution in [3.05, 3.63) is 29.6 Å². The number of carboxylic acid groups (broad SMARTS) is 1. The molecule has 1 aromatic rings. The Bertz CT molecular complexity index is 450. The summed E-state index contributed by atoms with van der Waals surface area (Å²) in [4.78, 5) is 10.6. The van der Waals surface area contributed by atoms with Crippen molar-refractivity contribution in [3.63, 3.8) is 0 Å². The first-order chi connectivity index (χ1) is 8.58. The molecule has 1 fully saturated rings. The molecule has 18 heavy (non-hydrogen) atoms. The largest absolute Gasteiger partial charge is 0.478 e. The molecule has 1 saturated carbocycles. The Hall–Kier alpha value is -1.62. The van der Waals surface area contributed by atoms with Gasteiger partial charge in [-0.15, -0.1) is 0 Å². The van der Waals surface area contributed by atoms with E-state index in [1.54, 1.807) is 0 Å². The molecule has 0 amide bonds. The average Bonchev–Trinajstić information content (AvgIpc) is 2.72. The van der Waals surface area contributed by atoms with E-state index < -0.39 is 11.8 Å². The first-order valence-electron chi connectivity index (χ1n) is 6.02. The summed E-state index contributed by atoms with van der Waals surface area (Å²) in [5.41, 5.74) is 0.207. The van der Waals surface area contributed by atoms with Gasteiger partial charge in [0.15, 0.2) is 0 Å². The standard InChI is InChI=1S/C13H16FNO3/c14-11-6-9(4-5-10(11)13(17)18)15-7-8-2-1-3-12(8)16/h4-6,8,12,15-16H,1-3,7H2,(H,17,18). The predicted octanol–water partition coefficient (Wildman–Crippen LogP) is 2.10. The van der Waals surface area contributed by atoms with Crippen LogP contribution < -0.4 is 5.32 Å². The highest BCUT2D eigenvalue weighted by molar-refractivity contribution is 5.88. The SMILES string of the molecule is O=C(O)c1ccc(NCC2CCCC2O)cc1F. The van der Waals surface area contributed by atoms with Crippen LogP contribution in [-0.2, 0) is 0 Å². The van der Waals surface area contributed by atoms with Crippen LogP contribution in [0.4, 0.5) is 10.1 Å². The highest BCUT2D eigenvalue weighted by atomic mass is 19.1. The van der Waals surface area contributed by atoms with Crippen molar-refractivity contribution in [2.24, 2.45) is 5.92 Å². The molecule has 1 aliphatic carbocycles. The molecule has 2 unspecified atom stereocenters. The van der Waals surface area contributed by atoms with Gasteiger partial charge in [-0.3, -0.25) is 0 Å². The lowest BCUT2D eigenvalue weighted by molar-refractivity contribution is 0.0692. The van der Waals surface area contributed by atoms with Gasteiger partial charge in [-0.2, -0.15) is 0 Å². The second-order valence-electron chi connectivity index (χ2n) is 4.64. The zero-order valence-corrected chi connectivity index (χ0v) is 9.90. The number of hydrogen-bond acceptors (Lipinski definition) is 3. The van der Waals surface area contributed by atoms with Crippen molar-refractivity contribution in [3.8, 4) is 0 Å². The van der Waals surface area contributed by atoms with Crippen molar-refractivity contribution in [1.82, 2.24) is 0 Å². The van der Waals surface area contributed by atoms with Crippen molar-refractivity contribution >= 4 is 11.7 Å². The van der Waals surface area contributed by atoms with Crippen LogP contribution in [0.25, 0.3) is 0 Å². The zero-order chi connectivity index (χ0) is 13.1. The average molecular weight is 253 g/mol. The maximum atomic E-state index is 13.4. The summed E-state index contributed by atoms with van der Waals surface area (Å²) in [6.07, 6.45) is 2.50. The second kappa shape index (κ2) is 5.35. The first kappa shape index (κ1) is 12.8. The molecule has 1 aromatic carbocycles. The maximum absolute atomic E-state index is 13.4. The van der Waals surface area contributed by atoms with Gasteiger partial charge in [0.05, 0.1) is 11.7 Å². The normalized spacial score (nSPS) is 23.0. The summed E-state index contributed by atoms with van der Waals surface area (Å²) in [7, 11) is 0. The van der Waals surface area contributed by atoms with Crippen molar-refractivity contribution in [2.45, 2.75) is 25.4 Å². The van der Waals surface area contributed by atoms with Gasteiger partial charge in [-0.05, 0) is 31.0 Å². The summed E-state index contributed by atoms with van der Waals surface area (Å²) in [6, 6.07) is 3.95. The number of rotatable bonds is 4. The number of benzene rings is 1. The number of aromatic carboxylic acids is 1. The van der Waals surface area contributed by atoms with Crippen LogP contribution in [0.3, 0.4) is 0 Å². The van der Waals surface area contributed by atoms with E-state index >= 15 is 0 Å². The molecule has 3 N–H and O–H groups in total. The molecule has 98 valence electrons. The molecular weight excluding hydrogens is 237 g/mol. The van der Waals surface area contributed by atoms with Crippen LogP contribution in [0.5, 0.6) is 0 Å². The summed E-state index contributed by atoms with van der Waals surface area (Å²) in [5.74, 6) is -1.84. The number of carbonyl (C=O) groups is 1. The molecule has 0 radical (unpaired) electrons. The Labute approximate surface area is 104 Å². The molecule has 0 saturated heterocycles. The summed E-state index contributed by atoms with van der Waals surface area (Å²) in [6.45, 7) is 0.576. The number of anilines is 1. The highest BCUT2D eigenvalue weighted by Gasteiger charge is 2.24. The molecule has 2 atom stereocenters. The molecule has 0 aliphatic heterocycles. The van der Waals surface area contributed by atoms with Gasteiger partial charge in [-0.1, -0.05) is 6.42 Å². The molecule has 0 bridgehead atoms. The van der Waals surface area contributed by atoms with Crippen molar-refractivity contribution in [2.75, 3.05) is 11.9 Å². The van der Waals surface area contributed by atoms with Gasteiger partial charge < -0.3 is 15.5 Å². The molecule has 5 heteroatoms. The molecule has 0 spiro atoms. The third kappa shape index (κ3) is 2.79. The topological polar surface area (TPSA) is 69.6 Å². The summed E-state index contributed by atoms with van der Waals surface area (Å²) < 4.78 is 13.4.